The molecule has 2 rings (SSSR count). The predicted octanol–water partition coefficient (Wildman–Crippen LogP) is 1.08. The highest BCUT2D eigenvalue weighted by atomic mass is 15.2. The second-order valence-electron chi connectivity index (χ2n) is 4.46. The van der Waals surface area contributed by atoms with Crippen molar-refractivity contribution in [2.45, 2.75) is 38.8 Å². The molecule has 0 radical (unpaired) electrons. The van der Waals surface area contributed by atoms with E-state index in [0.717, 1.165) is 18.0 Å². The first-order chi connectivity index (χ1) is 5.79. The molecule has 70 valence electrons. The van der Waals surface area contributed by atoms with Crippen molar-refractivity contribution in [3.05, 3.63) is 0 Å². The smallest absolute Gasteiger partial charge is 0.0263 e. The van der Waals surface area contributed by atoms with Crippen molar-refractivity contribution in [1.29, 1.82) is 0 Å². The monoisotopic (exact) mass is 168 g/mol. The van der Waals surface area contributed by atoms with Gasteiger partial charge in [-0.05, 0) is 45.7 Å². The minimum absolute atomic E-state index is 0.734. The van der Waals surface area contributed by atoms with Crippen LogP contribution in [0.15, 0.2) is 0 Å². The molecule has 0 bridgehead atoms. The molecule has 0 saturated carbocycles. The van der Waals surface area contributed by atoms with Crippen molar-refractivity contribution in [3.63, 3.8) is 0 Å². The summed E-state index contributed by atoms with van der Waals surface area (Å²) >= 11 is 0. The van der Waals surface area contributed by atoms with Crippen LogP contribution in [0, 0.1) is 5.92 Å². The van der Waals surface area contributed by atoms with Gasteiger partial charge in [0.25, 0.3) is 0 Å². The number of piperidine rings is 1. The van der Waals surface area contributed by atoms with Gasteiger partial charge in [0.15, 0.2) is 0 Å². The zero-order chi connectivity index (χ0) is 8.55. The van der Waals surface area contributed by atoms with E-state index in [1.807, 2.05) is 0 Å². The molecule has 0 aliphatic carbocycles. The van der Waals surface area contributed by atoms with E-state index >= 15 is 0 Å². The Bertz CT molecular complexity index is 156. The molecule has 12 heavy (non-hydrogen) atoms. The van der Waals surface area contributed by atoms with Crippen molar-refractivity contribution in [1.82, 2.24) is 10.2 Å². The van der Waals surface area contributed by atoms with Crippen LogP contribution in [0.1, 0.15) is 26.7 Å². The maximum absolute atomic E-state index is 3.51. The molecule has 2 nitrogen and oxygen atoms in total. The van der Waals surface area contributed by atoms with E-state index in [1.54, 1.807) is 0 Å². The van der Waals surface area contributed by atoms with Crippen LogP contribution in [0.5, 0.6) is 0 Å². The van der Waals surface area contributed by atoms with E-state index in [2.05, 4.69) is 24.1 Å². The molecule has 0 unspecified atom stereocenters. The van der Waals surface area contributed by atoms with E-state index in [9.17, 15) is 0 Å². The van der Waals surface area contributed by atoms with Gasteiger partial charge in [-0.1, -0.05) is 0 Å². The van der Waals surface area contributed by atoms with E-state index in [1.165, 1.54) is 32.5 Å². The van der Waals surface area contributed by atoms with E-state index in [0.29, 0.717) is 0 Å². The Balaban J connectivity index is 2.03. The topological polar surface area (TPSA) is 15.3 Å². The molecule has 2 fully saturated rings. The highest BCUT2D eigenvalue weighted by molar-refractivity contribution is 4.92. The first-order valence-electron chi connectivity index (χ1n) is 5.25. The van der Waals surface area contributed by atoms with Gasteiger partial charge < -0.3 is 5.32 Å². The summed E-state index contributed by atoms with van der Waals surface area (Å²) in [5, 5.41) is 3.51. The van der Waals surface area contributed by atoms with Crippen LogP contribution < -0.4 is 5.32 Å². The molecule has 0 aromatic rings. The van der Waals surface area contributed by atoms with Gasteiger partial charge in [-0.2, -0.15) is 0 Å². The summed E-state index contributed by atoms with van der Waals surface area (Å²) < 4.78 is 0. The molecular formula is C10H20N2. The van der Waals surface area contributed by atoms with Crippen LogP contribution in [0.2, 0.25) is 0 Å². The van der Waals surface area contributed by atoms with Gasteiger partial charge in [0.05, 0.1) is 0 Å². The Morgan fingerprint density at radius 3 is 2.92 bits per heavy atom. The molecule has 2 atom stereocenters. The van der Waals surface area contributed by atoms with Crippen LogP contribution >= 0.6 is 0 Å². The standard InChI is InChI=1S/C10H20N2/c1-8(2)12-5-3-4-9-6-11-7-10(9)12/h8-11H,3-7H2,1-2H3/t9-,10+/m1/s1. The molecule has 2 heterocycles. The maximum Gasteiger partial charge on any atom is 0.0263 e. The lowest BCUT2D eigenvalue weighted by Crippen LogP contribution is -2.48. The highest BCUT2D eigenvalue weighted by Gasteiger charge is 2.35. The van der Waals surface area contributed by atoms with Gasteiger partial charge in [-0.15, -0.1) is 0 Å². The summed E-state index contributed by atoms with van der Waals surface area (Å²) in [7, 11) is 0. The normalized spacial score (nSPS) is 37.2. The average Bonchev–Trinajstić information content (AvgIpc) is 2.49. The van der Waals surface area contributed by atoms with Crippen molar-refractivity contribution < 1.29 is 0 Å². The largest absolute Gasteiger partial charge is 0.315 e. The molecule has 2 aliphatic heterocycles. The van der Waals surface area contributed by atoms with Crippen molar-refractivity contribution in [3.8, 4) is 0 Å². The quantitative estimate of drug-likeness (QED) is 0.630. The first kappa shape index (κ1) is 8.52. The SMILES string of the molecule is CC(C)N1CCC[C@@H]2CNC[C@@H]21. The first-order valence-corrected chi connectivity index (χ1v) is 5.25. The summed E-state index contributed by atoms with van der Waals surface area (Å²) in [4.78, 5) is 2.67. The van der Waals surface area contributed by atoms with E-state index < -0.39 is 0 Å². The van der Waals surface area contributed by atoms with Crippen molar-refractivity contribution in [2.24, 2.45) is 5.92 Å². The van der Waals surface area contributed by atoms with Gasteiger partial charge in [0, 0.05) is 18.6 Å². The number of hydrogen-bond donors (Lipinski definition) is 1. The van der Waals surface area contributed by atoms with E-state index in [-0.39, 0.29) is 0 Å². The lowest BCUT2D eigenvalue weighted by Gasteiger charge is -2.39. The molecule has 2 saturated heterocycles. The van der Waals surface area contributed by atoms with E-state index in [4.69, 9.17) is 0 Å². The summed E-state index contributed by atoms with van der Waals surface area (Å²) in [5.74, 6) is 0.946. The second-order valence-corrected chi connectivity index (χ2v) is 4.46. The molecule has 0 aromatic heterocycles. The van der Waals surface area contributed by atoms with Gasteiger partial charge >= 0.3 is 0 Å². The second kappa shape index (κ2) is 3.35. The maximum atomic E-state index is 3.51. The number of likely N-dealkylation sites (tertiary alicyclic amines) is 1. The molecule has 2 aliphatic rings. The van der Waals surface area contributed by atoms with Gasteiger partial charge in [0.2, 0.25) is 0 Å². The van der Waals surface area contributed by atoms with Crippen molar-refractivity contribution in [2.75, 3.05) is 19.6 Å². The molecule has 0 aromatic carbocycles. The Morgan fingerprint density at radius 1 is 1.33 bits per heavy atom. The third kappa shape index (κ3) is 1.38. The minimum atomic E-state index is 0.734. The Kier molecular flexibility index (Phi) is 2.37. The minimum Gasteiger partial charge on any atom is -0.315 e. The molecule has 0 spiro atoms. The lowest BCUT2D eigenvalue weighted by atomic mass is 9.91. The van der Waals surface area contributed by atoms with Crippen LogP contribution in [0.25, 0.3) is 0 Å². The van der Waals surface area contributed by atoms with Crippen LogP contribution in [0.3, 0.4) is 0 Å². The van der Waals surface area contributed by atoms with Crippen LogP contribution in [-0.2, 0) is 0 Å². The number of rotatable bonds is 1. The van der Waals surface area contributed by atoms with Crippen LogP contribution in [-0.4, -0.2) is 36.6 Å². The predicted molar refractivity (Wildman–Crippen MR) is 51.2 cm³/mol. The number of fused-ring (bicyclic) bond motifs is 1. The van der Waals surface area contributed by atoms with Crippen LogP contribution in [0.4, 0.5) is 0 Å². The molecule has 0 amide bonds. The fourth-order valence-corrected chi connectivity index (χ4v) is 2.74. The molecule has 2 heteroatoms. The van der Waals surface area contributed by atoms with Gasteiger partial charge in [-0.25, -0.2) is 0 Å². The van der Waals surface area contributed by atoms with Gasteiger partial charge in [0.1, 0.15) is 0 Å². The lowest BCUT2D eigenvalue weighted by molar-refractivity contribution is 0.0927. The fourth-order valence-electron chi connectivity index (χ4n) is 2.74. The zero-order valence-electron chi connectivity index (χ0n) is 8.21. The summed E-state index contributed by atoms with van der Waals surface area (Å²) in [5.41, 5.74) is 0. The van der Waals surface area contributed by atoms with Gasteiger partial charge in [-0.3, -0.25) is 4.90 Å². The van der Waals surface area contributed by atoms with Crippen molar-refractivity contribution >= 4 is 0 Å². The number of nitrogens with one attached hydrogen (secondary N) is 1. The summed E-state index contributed by atoms with van der Waals surface area (Å²) in [6.07, 6.45) is 2.85. The third-order valence-electron chi connectivity index (χ3n) is 3.38. The third-order valence-corrected chi connectivity index (χ3v) is 3.38. The average molecular weight is 168 g/mol. The Hall–Kier alpha value is -0.0800. The Labute approximate surface area is 75.3 Å². The highest BCUT2D eigenvalue weighted by Crippen LogP contribution is 2.27. The Morgan fingerprint density at radius 2 is 2.17 bits per heavy atom. The number of nitrogens with zero attached hydrogens (tertiary/aromatic N) is 1. The summed E-state index contributed by atoms with van der Waals surface area (Å²) in [6.45, 7) is 8.44. The zero-order valence-corrected chi connectivity index (χ0v) is 8.21. The fraction of sp³-hybridized carbons (Fsp3) is 1.00. The molecule has 1 N–H and O–H groups in total. The number of hydrogen-bond acceptors (Lipinski definition) is 2. The molecular weight excluding hydrogens is 148 g/mol. The summed E-state index contributed by atoms with van der Waals surface area (Å²) in [6, 6.07) is 1.58.